The van der Waals surface area contributed by atoms with Gasteiger partial charge in [-0.25, -0.2) is 8.42 Å². The molecular formula is C20H26N2O4S2. The Morgan fingerprint density at radius 2 is 1.71 bits per heavy atom. The van der Waals surface area contributed by atoms with Crippen molar-refractivity contribution in [1.29, 1.82) is 0 Å². The van der Waals surface area contributed by atoms with Crippen LogP contribution in [0.2, 0.25) is 0 Å². The van der Waals surface area contributed by atoms with Crippen LogP contribution < -0.4 is 14.8 Å². The van der Waals surface area contributed by atoms with Crippen LogP contribution in [0.3, 0.4) is 0 Å². The van der Waals surface area contributed by atoms with Gasteiger partial charge in [0.25, 0.3) is 10.0 Å². The van der Waals surface area contributed by atoms with Crippen LogP contribution in [0.1, 0.15) is 27.7 Å². The van der Waals surface area contributed by atoms with E-state index in [0.29, 0.717) is 17.1 Å². The lowest BCUT2D eigenvalue weighted by Crippen LogP contribution is -2.19. The molecule has 0 radical (unpaired) electrons. The molecule has 152 valence electrons. The number of anilines is 2. The second-order valence-corrected chi connectivity index (χ2v) is 9.30. The summed E-state index contributed by atoms with van der Waals surface area (Å²) in [4.78, 5) is 12.9. The van der Waals surface area contributed by atoms with Crippen molar-refractivity contribution < 1.29 is 17.9 Å². The van der Waals surface area contributed by atoms with Gasteiger partial charge in [0.1, 0.15) is 5.75 Å². The quantitative estimate of drug-likeness (QED) is 0.608. The van der Waals surface area contributed by atoms with E-state index < -0.39 is 10.0 Å². The Balaban J connectivity index is 2.37. The fraction of sp³-hybridized carbons (Fsp3) is 0.350. The summed E-state index contributed by atoms with van der Waals surface area (Å²) in [5.74, 6) is 0.0665. The molecule has 0 bridgehead atoms. The summed E-state index contributed by atoms with van der Waals surface area (Å²) in [6.45, 7) is 7.30. The van der Waals surface area contributed by atoms with Crippen molar-refractivity contribution >= 4 is 39.1 Å². The number of amides is 1. The van der Waals surface area contributed by atoms with Crippen molar-refractivity contribution in [1.82, 2.24) is 0 Å². The van der Waals surface area contributed by atoms with E-state index >= 15 is 0 Å². The molecule has 6 nitrogen and oxygen atoms in total. The Hall–Kier alpha value is -2.19. The molecule has 0 aliphatic heterocycles. The fourth-order valence-corrected chi connectivity index (χ4v) is 3.97. The van der Waals surface area contributed by atoms with Gasteiger partial charge >= 0.3 is 0 Å². The zero-order valence-corrected chi connectivity index (χ0v) is 18.3. The Morgan fingerprint density at radius 3 is 2.32 bits per heavy atom. The first-order valence-corrected chi connectivity index (χ1v) is 11.6. The normalized spacial score (nSPS) is 11.5. The highest BCUT2D eigenvalue weighted by Gasteiger charge is 2.20. The molecule has 2 rings (SSSR count). The van der Waals surface area contributed by atoms with Crippen LogP contribution in [0.5, 0.6) is 5.75 Å². The van der Waals surface area contributed by atoms with Crippen LogP contribution in [0.25, 0.3) is 0 Å². The van der Waals surface area contributed by atoms with Gasteiger partial charge < -0.3 is 10.1 Å². The number of sulfonamides is 1. The van der Waals surface area contributed by atoms with Crippen molar-refractivity contribution in [3.63, 3.8) is 0 Å². The van der Waals surface area contributed by atoms with Gasteiger partial charge in [-0.15, -0.1) is 11.8 Å². The third-order valence-electron chi connectivity index (χ3n) is 3.76. The van der Waals surface area contributed by atoms with Crippen molar-refractivity contribution in [3.05, 3.63) is 42.5 Å². The minimum Gasteiger partial charge on any atom is -0.489 e. The summed E-state index contributed by atoms with van der Waals surface area (Å²) in [6.07, 6.45) is 1.77. The molecular weight excluding hydrogens is 396 g/mol. The molecule has 0 saturated carbocycles. The third kappa shape index (κ3) is 5.65. The molecule has 0 aliphatic carbocycles. The van der Waals surface area contributed by atoms with Crippen molar-refractivity contribution in [2.45, 2.75) is 43.6 Å². The zero-order chi connectivity index (χ0) is 20.9. The first-order chi connectivity index (χ1) is 13.1. The Labute approximate surface area is 171 Å². The topological polar surface area (TPSA) is 84.5 Å². The Morgan fingerprint density at radius 1 is 1.04 bits per heavy atom. The van der Waals surface area contributed by atoms with E-state index in [2.05, 4.69) is 10.0 Å². The van der Waals surface area contributed by atoms with Crippen LogP contribution in [0.15, 0.2) is 52.3 Å². The second kappa shape index (κ2) is 9.34. The lowest BCUT2D eigenvalue weighted by atomic mass is 10.2. The Bertz CT molecular complexity index is 941. The average molecular weight is 423 g/mol. The summed E-state index contributed by atoms with van der Waals surface area (Å²) < 4.78 is 34.1. The summed E-state index contributed by atoms with van der Waals surface area (Å²) in [6, 6.07) is 11.5. The monoisotopic (exact) mass is 422 g/mol. The molecule has 2 N–H and O–H groups in total. The summed E-state index contributed by atoms with van der Waals surface area (Å²) in [5.41, 5.74) is 0.832. The predicted molar refractivity (Wildman–Crippen MR) is 115 cm³/mol. The summed E-state index contributed by atoms with van der Waals surface area (Å²) in [7, 11) is -3.87. The number of thioether (sulfide) groups is 1. The van der Waals surface area contributed by atoms with Gasteiger partial charge in [-0.2, -0.15) is 0 Å². The fourth-order valence-electron chi connectivity index (χ4n) is 2.34. The molecule has 0 fully saturated rings. The first-order valence-electron chi connectivity index (χ1n) is 8.91. The highest BCUT2D eigenvalue weighted by Crippen LogP contribution is 2.31. The van der Waals surface area contributed by atoms with Crippen LogP contribution in [-0.4, -0.2) is 26.7 Å². The highest BCUT2D eigenvalue weighted by atomic mass is 32.2. The van der Waals surface area contributed by atoms with E-state index in [9.17, 15) is 13.2 Å². The van der Waals surface area contributed by atoms with Crippen molar-refractivity contribution in [2.24, 2.45) is 5.92 Å². The van der Waals surface area contributed by atoms with Gasteiger partial charge in [-0.05, 0) is 50.4 Å². The third-order valence-corrected chi connectivity index (χ3v) is 5.92. The van der Waals surface area contributed by atoms with Gasteiger partial charge in [0.15, 0.2) is 0 Å². The smallest absolute Gasteiger partial charge is 0.262 e. The maximum absolute atomic E-state index is 12.9. The maximum Gasteiger partial charge on any atom is 0.262 e. The van der Waals surface area contributed by atoms with Gasteiger partial charge in [0.05, 0.1) is 22.4 Å². The minimum absolute atomic E-state index is 0.0590. The maximum atomic E-state index is 12.9. The van der Waals surface area contributed by atoms with Crippen LogP contribution in [0.4, 0.5) is 11.4 Å². The Kier molecular flexibility index (Phi) is 7.37. The van der Waals surface area contributed by atoms with Crippen LogP contribution in [-0.2, 0) is 14.8 Å². The molecule has 2 aromatic rings. The van der Waals surface area contributed by atoms with Gasteiger partial charge in [-0.3, -0.25) is 9.52 Å². The number of hydrogen-bond acceptors (Lipinski definition) is 5. The molecule has 8 heteroatoms. The molecule has 1 amide bonds. The van der Waals surface area contributed by atoms with E-state index in [1.54, 1.807) is 44.2 Å². The summed E-state index contributed by atoms with van der Waals surface area (Å²) >= 11 is 1.43. The number of nitrogens with one attached hydrogen (secondary N) is 2. The van der Waals surface area contributed by atoms with Crippen LogP contribution >= 0.6 is 11.8 Å². The van der Waals surface area contributed by atoms with Gasteiger partial charge in [-0.1, -0.05) is 26.0 Å². The number of ether oxygens (including phenoxy) is 1. The van der Waals surface area contributed by atoms with Crippen LogP contribution in [0, 0.1) is 5.92 Å². The number of carbonyl (C=O) groups is 1. The molecule has 0 atom stereocenters. The molecule has 0 saturated heterocycles. The lowest BCUT2D eigenvalue weighted by molar-refractivity contribution is -0.118. The van der Waals surface area contributed by atoms with E-state index in [4.69, 9.17) is 4.74 Å². The van der Waals surface area contributed by atoms with Gasteiger partial charge in [0.2, 0.25) is 5.91 Å². The van der Waals surface area contributed by atoms with E-state index in [1.807, 2.05) is 20.1 Å². The molecule has 28 heavy (non-hydrogen) atoms. The average Bonchev–Trinajstić information content (AvgIpc) is 2.62. The number of para-hydroxylation sites is 2. The number of rotatable bonds is 8. The minimum atomic E-state index is -3.87. The summed E-state index contributed by atoms with van der Waals surface area (Å²) in [5, 5.41) is 2.80. The SMILES string of the molecule is CSc1ccc(S(=O)(=O)Nc2ccccc2OC(C)C)cc1NC(=O)C(C)C. The molecule has 0 heterocycles. The molecule has 0 unspecified atom stereocenters. The lowest BCUT2D eigenvalue weighted by Gasteiger charge is -2.17. The first kappa shape index (κ1) is 22.1. The standard InChI is InChI=1S/C20H26N2O4S2/c1-13(2)20(23)21-17-12-15(10-11-19(17)27-5)28(24,25)22-16-8-6-7-9-18(16)26-14(3)4/h6-14,22H,1-5H3,(H,21,23). The molecule has 2 aromatic carbocycles. The zero-order valence-electron chi connectivity index (χ0n) is 16.6. The van der Waals surface area contributed by atoms with E-state index in [1.165, 1.54) is 23.9 Å². The molecule has 0 aliphatic rings. The van der Waals surface area contributed by atoms with Crippen molar-refractivity contribution in [3.8, 4) is 5.75 Å². The molecule has 0 spiro atoms. The highest BCUT2D eigenvalue weighted by molar-refractivity contribution is 7.98. The number of carbonyl (C=O) groups excluding carboxylic acids is 1. The van der Waals surface area contributed by atoms with Crippen molar-refractivity contribution in [2.75, 3.05) is 16.3 Å². The van der Waals surface area contributed by atoms with E-state index in [0.717, 1.165) is 4.90 Å². The van der Waals surface area contributed by atoms with Gasteiger partial charge in [0, 0.05) is 10.8 Å². The second-order valence-electron chi connectivity index (χ2n) is 6.77. The largest absolute Gasteiger partial charge is 0.489 e. The number of hydrogen-bond donors (Lipinski definition) is 2. The van der Waals surface area contributed by atoms with E-state index in [-0.39, 0.29) is 22.8 Å². The predicted octanol–water partition coefficient (Wildman–Crippen LogP) is 4.59. The molecule has 0 aromatic heterocycles. The number of benzene rings is 2.